The predicted molar refractivity (Wildman–Crippen MR) is 87.5 cm³/mol. The summed E-state index contributed by atoms with van der Waals surface area (Å²) in [5, 5.41) is 13.2. The molecule has 6 heteroatoms. The number of hydrogen-bond donors (Lipinski definition) is 0. The second-order valence-electron chi connectivity index (χ2n) is 5.64. The molecule has 0 saturated carbocycles. The van der Waals surface area contributed by atoms with Crippen molar-refractivity contribution < 1.29 is 13.2 Å². The summed E-state index contributed by atoms with van der Waals surface area (Å²) in [6, 6.07) is 15.0. The summed E-state index contributed by atoms with van der Waals surface area (Å²) in [4.78, 5) is 0. The number of aromatic nitrogens is 2. The van der Waals surface area contributed by atoms with E-state index in [2.05, 4.69) is 5.10 Å². The van der Waals surface area contributed by atoms with E-state index >= 15 is 0 Å². The summed E-state index contributed by atoms with van der Waals surface area (Å²) in [6.45, 7) is 0.619. The molecule has 2 aromatic carbocycles. The molecule has 126 valence electrons. The highest BCUT2D eigenvalue weighted by Gasteiger charge is 2.31. The first kappa shape index (κ1) is 16.8. The van der Waals surface area contributed by atoms with Gasteiger partial charge in [-0.1, -0.05) is 30.3 Å². The Kier molecular flexibility index (Phi) is 4.57. The average molecular weight is 341 g/mol. The van der Waals surface area contributed by atoms with Crippen LogP contribution in [-0.4, -0.2) is 9.78 Å². The van der Waals surface area contributed by atoms with Gasteiger partial charge in [-0.25, -0.2) is 0 Å². The first-order valence-corrected chi connectivity index (χ1v) is 7.65. The molecule has 0 N–H and O–H groups in total. The Hall–Kier alpha value is -3.07. The maximum Gasteiger partial charge on any atom is 0.416 e. The lowest BCUT2D eigenvalue weighted by atomic mass is 10.0. The fourth-order valence-corrected chi connectivity index (χ4v) is 2.55. The van der Waals surface area contributed by atoms with Gasteiger partial charge >= 0.3 is 6.18 Å². The normalized spacial score (nSPS) is 11.3. The lowest BCUT2D eigenvalue weighted by molar-refractivity contribution is -0.137. The Morgan fingerprint density at radius 1 is 1.04 bits per heavy atom. The lowest BCUT2D eigenvalue weighted by Gasteiger charge is -2.09. The molecule has 0 bridgehead atoms. The van der Waals surface area contributed by atoms with E-state index in [1.807, 2.05) is 30.3 Å². The minimum absolute atomic E-state index is 0.0261. The molecule has 3 nitrogen and oxygen atoms in total. The van der Waals surface area contributed by atoms with Gasteiger partial charge in [0.25, 0.3) is 0 Å². The monoisotopic (exact) mass is 341 g/mol. The van der Waals surface area contributed by atoms with Crippen LogP contribution in [0.15, 0.2) is 60.9 Å². The second-order valence-corrected chi connectivity index (χ2v) is 5.64. The SMILES string of the molecule is N#Cc1cc(-c2cnn(CCc3ccccc3)c2)cc(C(F)(F)F)c1. The molecule has 3 aromatic rings. The van der Waals surface area contributed by atoms with E-state index in [4.69, 9.17) is 5.26 Å². The number of rotatable bonds is 4. The molecule has 1 aromatic heterocycles. The summed E-state index contributed by atoms with van der Waals surface area (Å²) in [7, 11) is 0. The van der Waals surface area contributed by atoms with Crippen LogP contribution in [0.2, 0.25) is 0 Å². The van der Waals surface area contributed by atoms with Crippen LogP contribution >= 0.6 is 0 Å². The molecule has 0 radical (unpaired) electrons. The fraction of sp³-hybridized carbons (Fsp3) is 0.158. The van der Waals surface area contributed by atoms with E-state index in [1.165, 1.54) is 12.3 Å². The zero-order valence-electron chi connectivity index (χ0n) is 13.2. The Morgan fingerprint density at radius 2 is 1.80 bits per heavy atom. The van der Waals surface area contributed by atoms with Gasteiger partial charge in [-0.2, -0.15) is 23.5 Å². The number of hydrogen-bond acceptors (Lipinski definition) is 2. The quantitative estimate of drug-likeness (QED) is 0.691. The third-order valence-corrected chi connectivity index (χ3v) is 3.83. The van der Waals surface area contributed by atoms with Crippen LogP contribution in [0.5, 0.6) is 0 Å². The fourth-order valence-electron chi connectivity index (χ4n) is 2.55. The molecule has 0 aliphatic carbocycles. The van der Waals surface area contributed by atoms with E-state index in [-0.39, 0.29) is 5.56 Å². The minimum Gasteiger partial charge on any atom is -0.272 e. The predicted octanol–water partition coefficient (Wildman–Crippen LogP) is 4.68. The molecule has 0 spiro atoms. The highest BCUT2D eigenvalue weighted by molar-refractivity contribution is 5.65. The number of nitriles is 1. The van der Waals surface area contributed by atoms with Gasteiger partial charge in [0.05, 0.1) is 23.4 Å². The van der Waals surface area contributed by atoms with Crippen molar-refractivity contribution in [2.75, 3.05) is 0 Å². The summed E-state index contributed by atoms with van der Waals surface area (Å²) < 4.78 is 40.6. The van der Waals surface area contributed by atoms with Crippen molar-refractivity contribution in [3.63, 3.8) is 0 Å². The summed E-state index contributed by atoms with van der Waals surface area (Å²) >= 11 is 0. The summed E-state index contributed by atoms with van der Waals surface area (Å²) in [5.41, 5.74) is 1.18. The number of nitrogens with zero attached hydrogens (tertiary/aromatic N) is 3. The number of aryl methyl sites for hydroxylation is 2. The van der Waals surface area contributed by atoms with Gasteiger partial charge in [0.2, 0.25) is 0 Å². The third kappa shape index (κ3) is 4.07. The van der Waals surface area contributed by atoms with Crippen molar-refractivity contribution in [1.29, 1.82) is 5.26 Å². The van der Waals surface area contributed by atoms with Crippen molar-refractivity contribution in [2.24, 2.45) is 0 Å². The molecule has 0 aliphatic heterocycles. The van der Waals surface area contributed by atoms with Gasteiger partial charge in [-0.05, 0) is 35.7 Å². The Morgan fingerprint density at radius 3 is 2.48 bits per heavy atom. The average Bonchev–Trinajstić information content (AvgIpc) is 3.09. The van der Waals surface area contributed by atoms with Gasteiger partial charge < -0.3 is 0 Å². The van der Waals surface area contributed by atoms with E-state index in [9.17, 15) is 13.2 Å². The van der Waals surface area contributed by atoms with Crippen molar-refractivity contribution >= 4 is 0 Å². The van der Waals surface area contributed by atoms with Gasteiger partial charge in [0, 0.05) is 18.3 Å². The first-order valence-electron chi connectivity index (χ1n) is 7.65. The molecule has 1 heterocycles. The van der Waals surface area contributed by atoms with Gasteiger partial charge in [0.15, 0.2) is 0 Å². The highest BCUT2D eigenvalue weighted by atomic mass is 19.4. The number of alkyl halides is 3. The zero-order valence-corrected chi connectivity index (χ0v) is 13.2. The molecule has 0 atom stereocenters. The van der Waals surface area contributed by atoms with E-state index in [0.717, 1.165) is 24.1 Å². The molecule has 0 aliphatic rings. The van der Waals surface area contributed by atoms with Gasteiger partial charge in [-0.15, -0.1) is 0 Å². The van der Waals surface area contributed by atoms with Crippen LogP contribution in [0.1, 0.15) is 16.7 Å². The van der Waals surface area contributed by atoms with Crippen molar-refractivity contribution in [3.05, 3.63) is 77.6 Å². The third-order valence-electron chi connectivity index (χ3n) is 3.83. The molecule has 0 saturated heterocycles. The minimum atomic E-state index is -4.50. The van der Waals surface area contributed by atoms with Gasteiger partial charge in [0.1, 0.15) is 0 Å². The van der Waals surface area contributed by atoms with Gasteiger partial charge in [-0.3, -0.25) is 4.68 Å². The number of benzene rings is 2. The van der Waals surface area contributed by atoms with E-state index < -0.39 is 11.7 Å². The molecule has 0 unspecified atom stereocenters. The highest BCUT2D eigenvalue weighted by Crippen LogP contribution is 2.33. The Labute approximate surface area is 143 Å². The molecular formula is C19H14F3N3. The smallest absolute Gasteiger partial charge is 0.272 e. The van der Waals surface area contributed by atoms with Crippen LogP contribution in [-0.2, 0) is 19.1 Å². The van der Waals surface area contributed by atoms with Crippen LogP contribution in [0.25, 0.3) is 11.1 Å². The molecular weight excluding hydrogens is 327 g/mol. The largest absolute Gasteiger partial charge is 0.416 e. The summed E-state index contributed by atoms with van der Waals surface area (Å²) in [5.74, 6) is 0. The molecule has 0 fully saturated rings. The van der Waals surface area contributed by atoms with Crippen LogP contribution < -0.4 is 0 Å². The summed E-state index contributed by atoms with van der Waals surface area (Å²) in [6.07, 6.45) is -0.514. The Bertz CT molecular complexity index is 906. The topological polar surface area (TPSA) is 41.6 Å². The maximum absolute atomic E-state index is 13.0. The van der Waals surface area contributed by atoms with Crippen LogP contribution in [0, 0.1) is 11.3 Å². The van der Waals surface area contributed by atoms with E-state index in [0.29, 0.717) is 17.7 Å². The lowest BCUT2D eigenvalue weighted by Crippen LogP contribution is -2.05. The Balaban J connectivity index is 1.83. The first-order chi connectivity index (χ1) is 12.0. The van der Waals surface area contributed by atoms with Crippen molar-refractivity contribution in [2.45, 2.75) is 19.1 Å². The van der Waals surface area contributed by atoms with Crippen molar-refractivity contribution in [1.82, 2.24) is 9.78 Å². The van der Waals surface area contributed by atoms with Crippen LogP contribution in [0.4, 0.5) is 13.2 Å². The molecule has 0 amide bonds. The van der Waals surface area contributed by atoms with Crippen LogP contribution in [0.3, 0.4) is 0 Å². The maximum atomic E-state index is 13.0. The second kappa shape index (κ2) is 6.81. The standard InChI is InChI=1S/C19H14F3N3/c20-19(21,22)18-9-15(11-23)8-16(10-18)17-12-24-25(13-17)7-6-14-4-2-1-3-5-14/h1-5,8-10,12-13H,6-7H2. The molecule has 25 heavy (non-hydrogen) atoms. The zero-order chi connectivity index (χ0) is 17.9. The molecule has 3 rings (SSSR count). The van der Waals surface area contributed by atoms with E-state index in [1.54, 1.807) is 16.9 Å². The van der Waals surface area contributed by atoms with Crippen molar-refractivity contribution in [3.8, 4) is 17.2 Å². The number of halogens is 3.